The van der Waals surface area contributed by atoms with Gasteiger partial charge in [0.2, 0.25) is 59.1 Å². The highest BCUT2D eigenvalue weighted by Crippen LogP contribution is 2.27. The van der Waals surface area contributed by atoms with Crippen LogP contribution in [0.25, 0.3) is 0 Å². The second-order valence-corrected chi connectivity index (χ2v) is 30.4. The van der Waals surface area contributed by atoms with Gasteiger partial charge in [0.1, 0.15) is 73.1 Å². The lowest BCUT2D eigenvalue weighted by molar-refractivity contribution is -0.270. The summed E-state index contributed by atoms with van der Waals surface area (Å²) in [6.45, 7) is 9.42. The fourth-order valence-electron chi connectivity index (χ4n) is 12.6. The molecule has 19 N–H and O–H groups in total. The average Bonchev–Trinajstić information content (AvgIpc) is 0.821. The number of hydrogen-bond acceptors (Lipinski definition) is 28. The number of aliphatic hydroxyl groups excluding tert-OH is 9. The van der Waals surface area contributed by atoms with Crippen LogP contribution in [0.1, 0.15) is 208 Å². The number of carbonyl (C=O) groups is 10. The van der Waals surface area contributed by atoms with Gasteiger partial charge in [0.25, 0.3) is 0 Å². The number of hydrogen-bond donors (Lipinski definition) is 19. The largest absolute Gasteiger partial charge is 0.394 e. The third-order valence-electron chi connectivity index (χ3n) is 19.0. The van der Waals surface area contributed by atoms with Crippen LogP contribution in [-0.2, 0) is 90.6 Å². The van der Waals surface area contributed by atoms with Crippen LogP contribution in [0.2, 0.25) is 0 Å². The highest BCUT2D eigenvalue weighted by Gasteiger charge is 2.48. The molecule has 0 bridgehead atoms. The Labute approximate surface area is 669 Å². The molecule has 9 unspecified atom stereocenters. The number of aliphatic hydroxyl groups is 9. The topological polar surface area (TPSA) is 556 Å². The second-order valence-electron chi connectivity index (χ2n) is 30.4. The van der Waals surface area contributed by atoms with Gasteiger partial charge in [-0.05, 0) is 82.5 Å². The molecule has 3 heterocycles. The number of amides is 10. The number of carbonyl (C=O) groups excluding carboxylic acids is 10. The van der Waals surface area contributed by atoms with E-state index in [4.69, 9.17) is 42.6 Å². The summed E-state index contributed by atoms with van der Waals surface area (Å²) in [6.07, 6.45) is -2.18. The summed E-state index contributed by atoms with van der Waals surface area (Å²) in [6, 6.07) is -3.26. The van der Waals surface area contributed by atoms with Crippen molar-refractivity contribution in [2.75, 3.05) is 112 Å². The highest BCUT2D eigenvalue weighted by atomic mass is 16.7. The van der Waals surface area contributed by atoms with Gasteiger partial charge in [0.05, 0.1) is 52.9 Å². The number of rotatable bonds is 62. The predicted molar refractivity (Wildman–Crippen MR) is 410 cm³/mol. The van der Waals surface area contributed by atoms with E-state index >= 15 is 0 Å². The van der Waals surface area contributed by atoms with Gasteiger partial charge in [-0.25, -0.2) is 0 Å². The minimum Gasteiger partial charge on any atom is -0.394 e. The first-order chi connectivity index (χ1) is 54.4. The van der Waals surface area contributed by atoms with E-state index in [1.165, 1.54) is 40.0 Å². The smallest absolute Gasteiger partial charge is 0.222 e. The molecule has 0 aromatic heterocycles. The SMILES string of the molecule is CC(=O)NC1C(O)[C@H](O)C(CO)O[C@H]1OCCCCC(=O)NCCCNC(=O)CCCOC(COCCC(=O)NCCCNC(=O)CCCCO[C@@H]1OC(CO)[C@@H](O)C(O)C1NC(C)=O)(COCCC(=O)NCCCNC(=O)CCCCO[C@@H]1OC(CO)[C@@H](O)C(O)C1NC(C)=O)NC(=O)CCCCCCCCCCC(C)(C)C. The molecule has 3 saturated heterocycles. The zero-order valence-corrected chi connectivity index (χ0v) is 67.8. The van der Waals surface area contributed by atoms with Gasteiger partial charge in [-0.3, -0.25) is 47.9 Å². The molecule has 0 aromatic carbocycles. The molecule has 660 valence electrons. The molecule has 3 aliphatic rings. The molecule has 114 heavy (non-hydrogen) atoms. The van der Waals surface area contributed by atoms with Crippen LogP contribution in [0, 0.1) is 5.41 Å². The van der Waals surface area contributed by atoms with Crippen LogP contribution in [0.5, 0.6) is 0 Å². The average molecular weight is 1640 g/mol. The first kappa shape index (κ1) is 102. The van der Waals surface area contributed by atoms with Crippen molar-refractivity contribution in [1.82, 2.24) is 53.2 Å². The maximum absolute atomic E-state index is 13.9. The van der Waals surface area contributed by atoms with Gasteiger partial charge in [0.15, 0.2) is 24.6 Å². The Morgan fingerprint density at radius 1 is 0.325 bits per heavy atom. The molecule has 0 spiro atoms. The summed E-state index contributed by atoms with van der Waals surface area (Å²) in [5, 5.41) is 118. The van der Waals surface area contributed by atoms with E-state index in [-0.39, 0.29) is 185 Å². The molecule has 3 fully saturated rings. The number of ether oxygens (including phenoxy) is 9. The van der Waals surface area contributed by atoms with Crippen molar-refractivity contribution in [3.05, 3.63) is 0 Å². The summed E-state index contributed by atoms with van der Waals surface area (Å²) in [5.74, 6) is -3.58. The van der Waals surface area contributed by atoms with Gasteiger partial charge in [-0.2, -0.15) is 0 Å². The number of nitrogens with one attached hydrogen (secondary N) is 10. The minimum absolute atomic E-state index is 0.00903. The van der Waals surface area contributed by atoms with Gasteiger partial charge in [-0.15, -0.1) is 0 Å². The molecule has 0 aliphatic carbocycles. The third-order valence-corrected chi connectivity index (χ3v) is 19.0. The van der Waals surface area contributed by atoms with E-state index in [1.807, 2.05) is 0 Å². The van der Waals surface area contributed by atoms with Gasteiger partial charge < -0.3 is 142 Å². The summed E-state index contributed by atoms with van der Waals surface area (Å²) < 4.78 is 52.4. The summed E-state index contributed by atoms with van der Waals surface area (Å²) in [5.41, 5.74) is -1.36. The normalized spacial score (nSPS) is 24.1. The van der Waals surface area contributed by atoms with Crippen molar-refractivity contribution in [3.63, 3.8) is 0 Å². The Balaban J connectivity index is 1.56. The molecular weight excluding hydrogens is 1500 g/mol. The molecule has 3 aliphatic heterocycles. The first-order valence-corrected chi connectivity index (χ1v) is 40.7. The Kier molecular flexibility index (Phi) is 52.7. The van der Waals surface area contributed by atoms with Crippen LogP contribution in [-0.4, -0.2) is 315 Å². The van der Waals surface area contributed by atoms with E-state index in [0.717, 1.165) is 32.1 Å². The third kappa shape index (κ3) is 44.0. The van der Waals surface area contributed by atoms with E-state index in [9.17, 15) is 93.9 Å². The number of unbranched alkanes of at least 4 members (excludes halogenated alkanes) is 10. The molecule has 0 radical (unpaired) electrons. The fourth-order valence-corrected chi connectivity index (χ4v) is 12.6. The van der Waals surface area contributed by atoms with Crippen LogP contribution >= 0.6 is 0 Å². The molecule has 38 heteroatoms. The summed E-state index contributed by atoms with van der Waals surface area (Å²) in [4.78, 5) is 126. The van der Waals surface area contributed by atoms with Crippen molar-refractivity contribution in [3.8, 4) is 0 Å². The quantitative estimate of drug-likeness (QED) is 0.0223. The Morgan fingerprint density at radius 3 is 0.912 bits per heavy atom. The monoisotopic (exact) mass is 1640 g/mol. The summed E-state index contributed by atoms with van der Waals surface area (Å²) in [7, 11) is 0. The lowest BCUT2D eigenvalue weighted by atomic mass is 9.89. The molecule has 15 atom stereocenters. The van der Waals surface area contributed by atoms with E-state index in [0.29, 0.717) is 69.6 Å². The molecular formula is C76H138N10O28. The maximum atomic E-state index is 13.9. The lowest BCUT2D eigenvalue weighted by Crippen LogP contribution is -2.64. The minimum atomic E-state index is -1.66. The van der Waals surface area contributed by atoms with E-state index < -0.39 is 135 Å². The molecule has 10 amide bonds. The van der Waals surface area contributed by atoms with Crippen molar-refractivity contribution in [1.29, 1.82) is 0 Å². The van der Waals surface area contributed by atoms with Crippen molar-refractivity contribution >= 4 is 59.1 Å². The molecule has 0 saturated carbocycles. The van der Waals surface area contributed by atoms with E-state index in [2.05, 4.69) is 73.9 Å². The first-order valence-electron chi connectivity index (χ1n) is 40.7. The van der Waals surface area contributed by atoms with Crippen LogP contribution in [0.4, 0.5) is 0 Å². The zero-order chi connectivity index (χ0) is 84.3. The fraction of sp³-hybridized carbons (Fsp3) is 0.868. The maximum Gasteiger partial charge on any atom is 0.222 e. The summed E-state index contributed by atoms with van der Waals surface area (Å²) >= 11 is 0. The van der Waals surface area contributed by atoms with Crippen LogP contribution in [0.15, 0.2) is 0 Å². The predicted octanol–water partition coefficient (Wildman–Crippen LogP) is -2.38. The molecule has 38 nitrogen and oxygen atoms in total. The zero-order valence-electron chi connectivity index (χ0n) is 67.8. The second kappa shape index (κ2) is 58.8. The Hall–Kier alpha value is -6.02. The van der Waals surface area contributed by atoms with Crippen LogP contribution in [0.3, 0.4) is 0 Å². The van der Waals surface area contributed by atoms with Gasteiger partial charge in [-0.1, -0.05) is 65.7 Å². The molecule has 0 aromatic rings. The standard InChI is InChI=1S/C76H138N10O28/c1-50(90)83-63-69(103)66(100)53(45-87)112-72(63)108-39-18-14-25-56(93)77-33-22-36-80-59(96)29-21-42-111-76(86-62(99)28-13-11-9-7-8-10-12-17-32-75(4,5)6,48-106-43-30-60(97)81-37-23-34-78-57(94)26-15-19-40-109-73-64(84-51(2)91)70(104)67(101)54(46-88)113-73)49-107-44-31-61(98)82-38-24-35-79-58(95)27-16-20-41-110-74-65(85-52(3)92)71(105)68(102)55(47-89)114-74/h53-55,63-74,87-89,100-105H,7-49H2,1-6H3,(H,77,93)(H,78,94)(H,79,95)(H,80,96)(H,81,97)(H,82,98)(H,83,90)(H,84,91)(H,85,92)(H,86,99)/t53?,54?,55?,63?,64?,65?,66-,67-,68-,69?,70?,71?,72-,73-,74-,76?/m1/s1. The highest BCUT2D eigenvalue weighted by molar-refractivity contribution is 5.79. The Bertz CT molecular complexity index is 2520. The van der Waals surface area contributed by atoms with Crippen molar-refractivity contribution in [2.45, 2.75) is 306 Å². The molecule has 3 rings (SSSR count). The van der Waals surface area contributed by atoms with Gasteiger partial charge in [0, 0.05) is 125 Å². The van der Waals surface area contributed by atoms with Crippen molar-refractivity contribution in [2.24, 2.45) is 5.41 Å². The van der Waals surface area contributed by atoms with Gasteiger partial charge >= 0.3 is 0 Å². The Morgan fingerprint density at radius 2 is 0.605 bits per heavy atom. The van der Waals surface area contributed by atoms with Crippen molar-refractivity contribution < 1.29 is 137 Å². The lowest BCUT2D eigenvalue weighted by Gasteiger charge is -2.42. The van der Waals surface area contributed by atoms with E-state index in [1.54, 1.807) is 0 Å². The van der Waals surface area contributed by atoms with Crippen LogP contribution < -0.4 is 53.2 Å².